The molecule has 1 unspecified atom stereocenters. The Bertz CT molecular complexity index is 1630. The molecule has 1 aromatic carbocycles. The van der Waals surface area contributed by atoms with Gasteiger partial charge in [0.05, 0.1) is 24.3 Å². The summed E-state index contributed by atoms with van der Waals surface area (Å²) in [4.78, 5) is 23.1. The van der Waals surface area contributed by atoms with Crippen molar-refractivity contribution in [1.29, 1.82) is 0 Å². The van der Waals surface area contributed by atoms with Crippen molar-refractivity contribution in [3.05, 3.63) is 77.8 Å². The van der Waals surface area contributed by atoms with Crippen LogP contribution in [0.15, 0.2) is 54.0 Å². The van der Waals surface area contributed by atoms with E-state index in [4.69, 9.17) is 0 Å². The maximum absolute atomic E-state index is 16.0. The molecule has 230 valence electrons. The smallest absolute Gasteiger partial charge is 0.407 e. The highest BCUT2D eigenvalue weighted by atomic mass is 32.2. The summed E-state index contributed by atoms with van der Waals surface area (Å²) >= 11 is 1.36. The molecule has 4 rings (SSSR count). The van der Waals surface area contributed by atoms with Crippen molar-refractivity contribution in [1.82, 2.24) is 24.6 Å². The molecule has 0 radical (unpaired) electrons. The molecule has 16 heteroatoms. The molecular weight excluding hydrogens is 607 g/mol. The van der Waals surface area contributed by atoms with Gasteiger partial charge in [-0.05, 0) is 57.8 Å². The highest BCUT2D eigenvalue weighted by Crippen LogP contribution is 2.51. The number of hydrogen-bond acceptors (Lipinski definition) is 10. The van der Waals surface area contributed by atoms with Gasteiger partial charge in [0.25, 0.3) is 10.0 Å². The van der Waals surface area contributed by atoms with Crippen LogP contribution in [-0.2, 0) is 14.8 Å². The van der Waals surface area contributed by atoms with Crippen molar-refractivity contribution < 1.29 is 31.1 Å². The van der Waals surface area contributed by atoms with Gasteiger partial charge in [-0.3, -0.25) is 9.71 Å². The number of sulfonamides is 1. The molecule has 3 N–H and O–H groups in total. The number of halogens is 3. The van der Waals surface area contributed by atoms with Crippen LogP contribution in [0.2, 0.25) is 0 Å². The third kappa shape index (κ3) is 7.30. The van der Waals surface area contributed by atoms with Gasteiger partial charge in [0.2, 0.25) is 5.95 Å². The summed E-state index contributed by atoms with van der Waals surface area (Å²) in [6.07, 6.45) is 4.83. The SMILES string of the molecule is COC(=O)N[C@@H](C)CNc1nccc(C2SN(C(C)(C)C)C=C2c2cncc(NS(=O)(=O)c3c(F)cccc3F)c2F)n1. The van der Waals surface area contributed by atoms with Crippen LogP contribution in [0.25, 0.3) is 5.57 Å². The van der Waals surface area contributed by atoms with Crippen LogP contribution in [0.1, 0.15) is 44.2 Å². The van der Waals surface area contributed by atoms with Crippen molar-refractivity contribution in [3.8, 4) is 0 Å². The number of ether oxygens (including phenoxy) is 1. The fourth-order valence-corrected chi connectivity index (χ4v) is 6.42. The number of nitrogens with one attached hydrogen (secondary N) is 3. The lowest BCUT2D eigenvalue weighted by molar-refractivity contribution is 0.168. The summed E-state index contributed by atoms with van der Waals surface area (Å²) in [6, 6.07) is 3.95. The average Bonchev–Trinajstić information content (AvgIpc) is 3.39. The first kappa shape index (κ1) is 31.9. The van der Waals surface area contributed by atoms with E-state index in [1.165, 1.54) is 31.5 Å². The lowest BCUT2D eigenvalue weighted by Crippen LogP contribution is -2.37. The molecule has 0 aliphatic carbocycles. The molecule has 3 aromatic rings. The molecule has 1 aliphatic rings. The molecular formula is C27H30F3N7O4S2. The predicted octanol–water partition coefficient (Wildman–Crippen LogP) is 5.09. The summed E-state index contributed by atoms with van der Waals surface area (Å²) in [6.45, 7) is 7.93. The summed E-state index contributed by atoms with van der Waals surface area (Å²) in [5, 5.41) is 5.10. The van der Waals surface area contributed by atoms with Crippen molar-refractivity contribution in [2.75, 3.05) is 23.7 Å². The third-order valence-corrected chi connectivity index (χ3v) is 9.11. The molecule has 0 saturated heterocycles. The lowest BCUT2D eigenvalue weighted by Gasteiger charge is -2.31. The zero-order valence-corrected chi connectivity index (χ0v) is 25.5. The van der Waals surface area contributed by atoms with Crippen LogP contribution >= 0.6 is 11.9 Å². The molecule has 2 atom stereocenters. The number of benzene rings is 1. The number of rotatable bonds is 9. The number of carbonyl (C=O) groups is 1. The monoisotopic (exact) mass is 637 g/mol. The van der Waals surface area contributed by atoms with Gasteiger partial charge >= 0.3 is 6.09 Å². The minimum atomic E-state index is -4.84. The van der Waals surface area contributed by atoms with Crippen LogP contribution in [0.4, 0.5) is 29.6 Å². The van der Waals surface area contributed by atoms with Gasteiger partial charge < -0.3 is 19.7 Å². The number of anilines is 2. The Morgan fingerprint density at radius 2 is 1.86 bits per heavy atom. The van der Waals surface area contributed by atoms with Crippen LogP contribution < -0.4 is 15.4 Å². The Hall–Kier alpha value is -4.05. The van der Waals surface area contributed by atoms with E-state index in [0.717, 1.165) is 24.4 Å². The number of nitrogens with zero attached hydrogens (tertiary/aromatic N) is 4. The molecule has 43 heavy (non-hydrogen) atoms. The first-order valence-electron chi connectivity index (χ1n) is 12.9. The molecule has 2 aromatic heterocycles. The molecule has 3 heterocycles. The second kappa shape index (κ2) is 12.7. The normalized spacial score (nSPS) is 16.0. The standard InChI is InChI=1S/C27H30F3N7O4S2/c1-15(34-26(38)41-5)11-33-25-32-10-9-20(35-25)23-17(14-37(42-23)27(2,3)4)16-12-31-13-21(22(16)30)36-43(39,40)24-18(28)7-6-8-19(24)29/h6-10,12-15,23,36H,11H2,1-5H3,(H,34,38)(H,32,33,35)/t15-,23?/m0/s1. The molecule has 0 spiro atoms. The van der Waals surface area contributed by atoms with Crippen molar-refractivity contribution in [2.45, 2.75) is 49.4 Å². The largest absolute Gasteiger partial charge is 0.453 e. The number of carbonyl (C=O) groups excluding carboxylic acids is 1. The lowest BCUT2D eigenvalue weighted by atomic mass is 10.0. The summed E-state index contributed by atoms with van der Waals surface area (Å²) in [7, 11) is -3.58. The number of methoxy groups -OCH3 is 1. The molecule has 0 bridgehead atoms. The zero-order chi connectivity index (χ0) is 31.5. The number of alkyl carbamates (subject to hydrolysis) is 1. The first-order valence-corrected chi connectivity index (χ1v) is 15.2. The van der Waals surface area contributed by atoms with E-state index in [0.29, 0.717) is 11.3 Å². The Balaban J connectivity index is 1.67. The van der Waals surface area contributed by atoms with E-state index >= 15 is 4.39 Å². The predicted molar refractivity (Wildman–Crippen MR) is 157 cm³/mol. The molecule has 11 nitrogen and oxygen atoms in total. The highest BCUT2D eigenvalue weighted by molar-refractivity contribution is 7.98. The van der Waals surface area contributed by atoms with Gasteiger partial charge in [0, 0.05) is 47.9 Å². The fraction of sp³-hybridized carbons (Fsp3) is 0.333. The average molecular weight is 638 g/mol. The van der Waals surface area contributed by atoms with Crippen LogP contribution in [0.5, 0.6) is 0 Å². The summed E-state index contributed by atoms with van der Waals surface area (Å²) in [5.74, 6) is -3.37. The van der Waals surface area contributed by atoms with Gasteiger partial charge in [0.1, 0.15) is 17.3 Å². The van der Waals surface area contributed by atoms with Gasteiger partial charge in [-0.1, -0.05) is 6.07 Å². The van der Waals surface area contributed by atoms with E-state index in [1.807, 2.05) is 29.8 Å². The highest BCUT2D eigenvalue weighted by Gasteiger charge is 2.36. The Labute approximate surface area is 251 Å². The topological polar surface area (TPSA) is 138 Å². The van der Waals surface area contributed by atoms with Crippen LogP contribution in [0.3, 0.4) is 0 Å². The Morgan fingerprint density at radius 1 is 1.16 bits per heavy atom. The van der Waals surface area contributed by atoms with Gasteiger partial charge in [0.15, 0.2) is 10.7 Å². The van der Waals surface area contributed by atoms with Crippen molar-refractivity contribution in [2.24, 2.45) is 0 Å². The summed E-state index contributed by atoms with van der Waals surface area (Å²) in [5.41, 5.74) is -0.0980. The van der Waals surface area contributed by atoms with Crippen molar-refractivity contribution >= 4 is 45.3 Å². The number of hydrogen-bond donors (Lipinski definition) is 3. The maximum Gasteiger partial charge on any atom is 0.407 e. The fourth-order valence-electron chi connectivity index (χ4n) is 3.98. The van der Waals surface area contributed by atoms with E-state index < -0.39 is 54.9 Å². The molecule has 1 amide bonds. The second-order valence-corrected chi connectivity index (χ2v) is 13.2. The van der Waals surface area contributed by atoms with E-state index in [1.54, 1.807) is 19.2 Å². The van der Waals surface area contributed by atoms with E-state index in [9.17, 15) is 22.0 Å². The third-order valence-electron chi connectivity index (χ3n) is 6.10. The maximum atomic E-state index is 16.0. The second-order valence-electron chi connectivity index (χ2n) is 10.5. The Kier molecular flexibility index (Phi) is 9.39. The summed E-state index contributed by atoms with van der Waals surface area (Å²) < 4.78 is 78.6. The molecule has 1 aliphatic heterocycles. The van der Waals surface area contributed by atoms with E-state index in [-0.39, 0.29) is 24.1 Å². The minimum absolute atomic E-state index is 0.0394. The first-order chi connectivity index (χ1) is 20.2. The van der Waals surface area contributed by atoms with Crippen molar-refractivity contribution in [3.63, 3.8) is 0 Å². The quantitative estimate of drug-likeness (QED) is 0.272. The molecule has 0 fully saturated rings. The Morgan fingerprint density at radius 3 is 2.51 bits per heavy atom. The zero-order valence-electron chi connectivity index (χ0n) is 23.9. The van der Waals surface area contributed by atoms with Gasteiger partial charge in [-0.15, -0.1) is 0 Å². The number of amides is 1. The van der Waals surface area contributed by atoms with Gasteiger partial charge in [-0.25, -0.2) is 36.4 Å². The number of pyridine rings is 1. The van der Waals surface area contributed by atoms with Crippen LogP contribution in [0, 0.1) is 17.5 Å². The van der Waals surface area contributed by atoms with Gasteiger partial charge in [-0.2, -0.15) is 0 Å². The van der Waals surface area contributed by atoms with Crippen LogP contribution in [-0.4, -0.2) is 59.0 Å². The van der Waals surface area contributed by atoms with E-state index in [2.05, 4.69) is 30.3 Å². The molecule has 0 saturated carbocycles. The minimum Gasteiger partial charge on any atom is -0.453 e. The number of aromatic nitrogens is 3.